The molecule has 1 saturated heterocycles. The first kappa shape index (κ1) is 13.6. The molecule has 2 unspecified atom stereocenters. The highest BCUT2D eigenvalue weighted by Gasteiger charge is 2.71. The van der Waals surface area contributed by atoms with E-state index in [0.29, 0.717) is 25.3 Å². The Morgan fingerprint density at radius 2 is 2.14 bits per heavy atom. The van der Waals surface area contributed by atoms with E-state index in [1.165, 1.54) is 11.3 Å². The number of hydrogen-bond acceptors (Lipinski definition) is 5. The fourth-order valence-electron chi connectivity index (χ4n) is 2.93. The molecule has 2 atom stereocenters. The van der Waals surface area contributed by atoms with Crippen LogP contribution in [0, 0.1) is 11.8 Å². The minimum atomic E-state index is -2.47. The first-order valence-corrected chi connectivity index (χ1v) is 7.72. The minimum absolute atomic E-state index is 0.370. The topological polar surface area (TPSA) is 58.1 Å². The summed E-state index contributed by atoms with van der Waals surface area (Å²) >= 11 is 1.40. The van der Waals surface area contributed by atoms with Gasteiger partial charge in [0.25, 0.3) is 5.92 Å². The Balaban J connectivity index is 1.48. The zero-order valence-corrected chi connectivity index (χ0v) is 12.2. The summed E-state index contributed by atoms with van der Waals surface area (Å²) in [6.07, 6.45) is 2.26. The van der Waals surface area contributed by atoms with Crippen LogP contribution >= 0.6 is 11.3 Å². The standard InChI is InChI=1S/C14H12F2N4OS/c15-14(16)9-4-20(5-10(9)14)12-2-1-8(3-17-12)13-19-11(6-22-13)18-7-21/h1-3,6-7,9-10H,4-5H2,(H,18,21). The predicted molar refractivity (Wildman–Crippen MR) is 79.2 cm³/mol. The SMILES string of the molecule is O=CNc1csc(-c2ccc(N3CC4C(C3)C4(F)F)nc2)n1. The molecule has 1 aliphatic heterocycles. The smallest absolute Gasteiger partial charge is 0.258 e. The van der Waals surface area contributed by atoms with Crippen LogP contribution in [0.5, 0.6) is 0 Å². The van der Waals surface area contributed by atoms with Gasteiger partial charge in [-0.2, -0.15) is 0 Å². The summed E-state index contributed by atoms with van der Waals surface area (Å²) in [5, 5.41) is 4.98. The monoisotopic (exact) mass is 322 g/mol. The second kappa shape index (κ2) is 4.70. The summed E-state index contributed by atoms with van der Waals surface area (Å²) in [4.78, 5) is 20.9. The van der Waals surface area contributed by atoms with E-state index >= 15 is 0 Å². The third kappa shape index (κ3) is 2.06. The van der Waals surface area contributed by atoms with Crippen molar-refractivity contribution in [1.29, 1.82) is 0 Å². The number of nitrogens with zero attached hydrogens (tertiary/aromatic N) is 3. The summed E-state index contributed by atoms with van der Waals surface area (Å²) in [6.45, 7) is 0.739. The number of amides is 1. The molecule has 5 nitrogen and oxygen atoms in total. The normalized spacial score (nSPS) is 24.9. The number of rotatable bonds is 4. The molecule has 0 bridgehead atoms. The lowest BCUT2D eigenvalue weighted by atomic mass is 10.3. The Morgan fingerprint density at radius 3 is 2.77 bits per heavy atom. The molecule has 3 heterocycles. The average Bonchev–Trinajstić information content (AvgIpc) is 2.98. The van der Waals surface area contributed by atoms with Crippen molar-refractivity contribution in [2.45, 2.75) is 5.92 Å². The van der Waals surface area contributed by atoms with Crippen molar-refractivity contribution in [3.63, 3.8) is 0 Å². The van der Waals surface area contributed by atoms with E-state index < -0.39 is 17.8 Å². The van der Waals surface area contributed by atoms with Crippen molar-refractivity contribution in [1.82, 2.24) is 9.97 Å². The summed E-state index contributed by atoms with van der Waals surface area (Å²) in [6, 6.07) is 3.69. The van der Waals surface area contributed by atoms with Gasteiger partial charge in [-0.3, -0.25) is 4.79 Å². The molecular weight excluding hydrogens is 310 g/mol. The van der Waals surface area contributed by atoms with Gasteiger partial charge in [-0.05, 0) is 12.1 Å². The number of hydrogen-bond donors (Lipinski definition) is 1. The lowest BCUT2D eigenvalue weighted by molar-refractivity contribution is -0.105. The van der Waals surface area contributed by atoms with Crippen LogP contribution in [-0.2, 0) is 4.79 Å². The Bertz CT molecular complexity index is 704. The number of anilines is 2. The molecule has 114 valence electrons. The van der Waals surface area contributed by atoms with Crippen molar-refractivity contribution >= 4 is 29.4 Å². The van der Waals surface area contributed by atoms with E-state index in [2.05, 4.69) is 15.3 Å². The van der Waals surface area contributed by atoms with Crippen LogP contribution in [0.25, 0.3) is 10.6 Å². The van der Waals surface area contributed by atoms with E-state index in [1.54, 1.807) is 11.6 Å². The second-order valence-corrected chi connectivity index (χ2v) is 6.36. The molecule has 1 N–H and O–H groups in total. The largest absolute Gasteiger partial charge is 0.356 e. The van der Waals surface area contributed by atoms with Gasteiger partial charge in [-0.15, -0.1) is 11.3 Å². The summed E-state index contributed by atoms with van der Waals surface area (Å²) in [5.41, 5.74) is 0.836. The lowest BCUT2D eigenvalue weighted by Gasteiger charge is -2.20. The molecule has 4 rings (SSSR count). The molecule has 0 spiro atoms. The van der Waals surface area contributed by atoms with Crippen LogP contribution in [0.4, 0.5) is 20.4 Å². The van der Waals surface area contributed by atoms with Gasteiger partial charge in [0.2, 0.25) is 6.41 Å². The number of nitrogens with one attached hydrogen (secondary N) is 1. The van der Waals surface area contributed by atoms with Crippen LogP contribution < -0.4 is 10.2 Å². The molecule has 1 aliphatic carbocycles. The van der Waals surface area contributed by atoms with Gasteiger partial charge in [-0.25, -0.2) is 18.7 Å². The maximum atomic E-state index is 13.2. The molecule has 1 amide bonds. The number of thiazole rings is 1. The van der Waals surface area contributed by atoms with Crippen molar-refractivity contribution in [2.24, 2.45) is 11.8 Å². The van der Waals surface area contributed by atoms with Crippen LogP contribution in [0.3, 0.4) is 0 Å². The van der Waals surface area contributed by atoms with E-state index in [9.17, 15) is 13.6 Å². The molecule has 2 aromatic rings. The Morgan fingerprint density at radius 1 is 1.36 bits per heavy atom. The van der Waals surface area contributed by atoms with Crippen LogP contribution in [0.1, 0.15) is 0 Å². The number of piperidine rings is 1. The maximum absolute atomic E-state index is 13.2. The second-order valence-electron chi connectivity index (χ2n) is 5.50. The summed E-state index contributed by atoms with van der Waals surface area (Å²) in [7, 11) is 0. The van der Waals surface area contributed by atoms with Crippen LogP contribution in [0.15, 0.2) is 23.7 Å². The van der Waals surface area contributed by atoms with Crippen LogP contribution in [0.2, 0.25) is 0 Å². The number of carbonyl (C=O) groups excluding carboxylic acids is 1. The first-order chi connectivity index (χ1) is 10.6. The van der Waals surface area contributed by atoms with Gasteiger partial charge < -0.3 is 10.2 Å². The zero-order chi connectivity index (χ0) is 15.3. The molecular formula is C14H12F2N4OS. The van der Waals surface area contributed by atoms with Gasteiger partial charge in [0.15, 0.2) is 0 Å². The number of aromatic nitrogens is 2. The quantitative estimate of drug-likeness (QED) is 0.879. The fourth-order valence-corrected chi connectivity index (χ4v) is 3.68. The predicted octanol–water partition coefficient (Wildman–Crippen LogP) is 2.47. The van der Waals surface area contributed by atoms with Gasteiger partial charge >= 0.3 is 0 Å². The van der Waals surface area contributed by atoms with E-state index in [1.807, 2.05) is 17.0 Å². The summed E-state index contributed by atoms with van der Waals surface area (Å²) in [5.74, 6) is -2.27. The lowest BCUT2D eigenvalue weighted by Crippen LogP contribution is -2.27. The van der Waals surface area contributed by atoms with E-state index in [0.717, 1.165) is 16.4 Å². The van der Waals surface area contributed by atoms with E-state index in [4.69, 9.17) is 0 Å². The average molecular weight is 322 g/mol. The van der Waals surface area contributed by atoms with Crippen molar-refractivity contribution in [3.05, 3.63) is 23.7 Å². The highest BCUT2D eigenvalue weighted by molar-refractivity contribution is 7.13. The summed E-state index contributed by atoms with van der Waals surface area (Å²) < 4.78 is 26.4. The maximum Gasteiger partial charge on any atom is 0.258 e. The van der Waals surface area contributed by atoms with Crippen molar-refractivity contribution < 1.29 is 13.6 Å². The van der Waals surface area contributed by atoms with Crippen molar-refractivity contribution in [2.75, 3.05) is 23.3 Å². The minimum Gasteiger partial charge on any atom is -0.356 e. The molecule has 8 heteroatoms. The van der Waals surface area contributed by atoms with Crippen LogP contribution in [-0.4, -0.2) is 35.4 Å². The number of halogens is 2. The molecule has 2 fully saturated rings. The highest BCUT2D eigenvalue weighted by atomic mass is 32.1. The number of pyridine rings is 1. The van der Waals surface area contributed by atoms with E-state index in [-0.39, 0.29) is 0 Å². The zero-order valence-electron chi connectivity index (χ0n) is 11.4. The Hall–Kier alpha value is -2.09. The van der Waals surface area contributed by atoms with Crippen molar-refractivity contribution in [3.8, 4) is 10.6 Å². The molecule has 2 aliphatic rings. The molecule has 0 aromatic carbocycles. The highest BCUT2D eigenvalue weighted by Crippen LogP contribution is 2.59. The fraction of sp³-hybridized carbons (Fsp3) is 0.357. The third-order valence-electron chi connectivity index (χ3n) is 4.23. The molecule has 22 heavy (non-hydrogen) atoms. The third-order valence-corrected chi connectivity index (χ3v) is 5.12. The molecule has 1 saturated carbocycles. The van der Waals surface area contributed by atoms with Gasteiger partial charge in [0, 0.05) is 30.2 Å². The number of carbonyl (C=O) groups is 1. The Labute approximate surface area is 129 Å². The Kier molecular flexibility index (Phi) is 2.90. The van der Waals surface area contributed by atoms with Gasteiger partial charge in [0.1, 0.15) is 16.6 Å². The van der Waals surface area contributed by atoms with Gasteiger partial charge in [0.05, 0.1) is 11.8 Å². The molecule has 0 radical (unpaired) electrons. The van der Waals surface area contributed by atoms with Gasteiger partial charge in [-0.1, -0.05) is 0 Å². The molecule has 2 aromatic heterocycles. The number of alkyl halides is 2. The first-order valence-electron chi connectivity index (χ1n) is 6.84. The number of fused-ring (bicyclic) bond motifs is 1.